The van der Waals surface area contributed by atoms with Crippen LogP contribution in [0, 0.1) is 0 Å². The van der Waals surface area contributed by atoms with E-state index < -0.39 is 21.8 Å². The lowest BCUT2D eigenvalue weighted by molar-refractivity contribution is -0.137. The molecule has 3 aromatic heterocycles. The van der Waals surface area contributed by atoms with Crippen LogP contribution < -0.4 is 14.8 Å². The van der Waals surface area contributed by atoms with E-state index in [0.717, 1.165) is 51.7 Å². The molecule has 202 valence electrons. The zero-order valence-electron chi connectivity index (χ0n) is 20.4. The number of sulfonamides is 1. The van der Waals surface area contributed by atoms with Crippen molar-refractivity contribution in [2.75, 3.05) is 25.5 Å². The van der Waals surface area contributed by atoms with E-state index in [0.29, 0.717) is 11.6 Å². The van der Waals surface area contributed by atoms with Crippen LogP contribution >= 0.6 is 11.3 Å². The highest BCUT2D eigenvalue weighted by atomic mass is 32.2. The Labute approximate surface area is 226 Å². The van der Waals surface area contributed by atoms with Gasteiger partial charge in [0.25, 0.3) is 0 Å². The van der Waals surface area contributed by atoms with Crippen molar-refractivity contribution in [3.63, 3.8) is 0 Å². The predicted molar refractivity (Wildman–Crippen MR) is 143 cm³/mol. The lowest BCUT2D eigenvalue weighted by Gasteiger charge is -2.11. The van der Waals surface area contributed by atoms with Crippen molar-refractivity contribution < 1.29 is 26.3 Å². The lowest BCUT2D eigenvalue weighted by atomic mass is 10.1. The van der Waals surface area contributed by atoms with Crippen molar-refractivity contribution in [1.29, 1.82) is 0 Å². The first-order valence-corrected chi connectivity index (χ1v) is 14.0. The molecule has 0 saturated carbocycles. The maximum Gasteiger partial charge on any atom is 0.416 e. The Morgan fingerprint density at radius 1 is 1.03 bits per heavy atom. The molecule has 3 heterocycles. The molecule has 2 aromatic carbocycles. The van der Waals surface area contributed by atoms with Gasteiger partial charge >= 0.3 is 6.18 Å². The van der Waals surface area contributed by atoms with Gasteiger partial charge in [-0.15, -0.1) is 11.3 Å². The molecule has 39 heavy (non-hydrogen) atoms. The van der Waals surface area contributed by atoms with Crippen LogP contribution in [-0.4, -0.2) is 43.0 Å². The number of hydrogen-bond donors (Lipinski definition) is 2. The summed E-state index contributed by atoms with van der Waals surface area (Å²) in [7, 11) is -2.37. The van der Waals surface area contributed by atoms with Crippen LogP contribution in [0.25, 0.3) is 27.5 Å². The van der Waals surface area contributed by atoms with Crippen molar-refractivity contribution in [3.05, 3.63) is 84.0 Å². The Morgan fingerprint density at radius 2 is 1.82 bits per heavy atom. The van der Waals surface area contributed by atoms with E-state index in [1.165, 1.54) is 11.3 Å². The minimum atomic E-state index is -4.54. The summed E-state index contributed by atoms with van der Waals surface area (Å²) in [6.07, 6.45) is -0.956. The number of methoxy groups -OCH3 is 1. The summed E-state index contributed by atoms with van der Waals surface area (Å²) in [5.74, 6) is 1.23. The summed E-state index contributed by atoms with van der Waals surface area (Å²) in [6, 6.07) is 14.7. The van der Waals surface area contributed by atoms with Gasteiger partial charge in [-0.2, -0.15) is 13.2 Å². The third-order valence-corrected chi connectivity index (χ3v) is 8.09. The number of fused-ring (bicyclic) bond motifs is 1. The number of thiazole rings is 1. The van der Waals surface area contributed by atoms with Crippen LogP contribution in [0.3, 0.4) is 0 Å². The fourth-order valence-corrected chi connectivity index (χ4v) is 5.74. The van der Waals surface area contributed by atoms with Gasteiger partial charge in [-0.3, -0.25) is 4.40 Å². The number of alkyl halides is 3. The van der Waals surface area contributed by atoms with Crippen molar-refractivity contribution >= 4 is 32.1 Å². The SMILES string of the molecule is COc1cccc(-c2nc3sccn3c2-c2ccnc(NCCNS(=O)(=O)c3ccc(C(F)(F)F)cc3)c2)c1. The van der Waals surface area contributed by atoms with Gasteiger partial charge in [-0.05, 0) is 48.5 Å². The van der Waals surface area contributed by atoms with Crippen molar-refractivity contribution in [2.45, 2.75) is 11.1 Å². The Balaban J connectivity index is 1.30. The Kier molecular flexibility index (Phi) is 7.30. The van der Waals surface area contributed by atoms with Gasteiger partial charge in [0.2, 0.25) is 10.0 Å². The molecule has 5 rings (SSSR count). The summed E-state index contributed by atoms with van der Waals surface area (Å²) >= 11 is 1.51. The number of imidazole rings is 1. The lowest BCUT2D eigenvalue weighted by Crippen LogP contribution is -2.29. The van der Waals surface area contributed by atoms with E-state index in [-0.39, 0.29) is 18.0 Å². The number of ether oxygens (including phenoxy) is 1. The van der Waals surface area contributed by atoms with Gasteiger partial charge in [0.15, 0.2) is 4.96 Å². The average Bonchev–Trinajstić information content (AvgIpc) is 3.53. The van der Waals surface area contributed by atoms with Gasteiger partial charge in [0.05, 0.1) is 29.0 Å². The van der Waals surface area contributed by atoms with E-state index >= 15 is 0 Å². The number of nitrogens with one attached hydrogen (secondary N) is 2. The highest BCUT2D eigenvalue weighted by Gasteiger charge is 2.30. The number of pyridine rings is 1. The van der Waals surface area contributed by atoms with Crippen LogP contribution in [0.4, 0.5) is 19.0 Å². The zero-order valence-corrected chi connectivity index (χ0v) is 22.1. The second kappa shape index (κ2) is 10.7. The number of anilines is 1. The van der Waals surface area contributed by atoms with Gasteiger partial charge in [-0.25, -0.2) is 23.1 Å². The highest BCUT2D eigenvalue weighted by Crippen LogP contribution is 2.36. The van der Waals surface area contributed by atoms with Gasteiger partial charge in [0, 0.05) is 42.0 Å². The number of hydrogen-bond acceptors (Lipinski definition) is 7. The standard InChI is InChI=1S/C26H22F3N5O3S2/c1-37-20-4-2-3-17(15-20)23-24(34-13-14-38-25(34)33-23)18-9-10-30-22(16-18)31-11-12-32-39(35,36)21-7-5-19(6-8-21)26(27,28)29/h2-10,13-16,32H,11-12H2,1H3,(H,30,31). The molecule has 0 bridgehead atoms. The predicted octanol–water partition coefficient (Wildman–Crippen LogP) is 5.54. The van der Waals surface area contributed by atoms with E-state index in [2.05, 4.69) is 15.0 Å². The quantitative estimate of drug-likeness (QED) is 0.225. The zero-order chi connectivity index (χ0) is 27.6. The normalized spacial score (nSPS) is 12.1. The minimum Gasteiger partial charge on any atom is -0.497 e. The molecule has 0 aliphatic heterocycles. The van der Waals surface area contributed by atoms with Crippen LogP contribution in [-0.2, 0) is 16.2 Å². The summed E-state index contributed by atoms with van der Waals surface area (Å²) in [5.41, 5.74) is 2.47. The molecule has 2 N–H and O–H groups in total. The van der Waals surface area contributed by atoms with E-state index in [1.807, 2.05) is 52.4 Å². The number of benzene rings is 2. The fourth-order valence-electron chi connectivity index (χ4n) is 3.99. The number of halogens is 3. The van der Waals surface area contributed by atoms with Crippen molar-refractivity contribution in [2.24, 2.45) is 0 Å². The topological polar surface area (TPSA) is 97.6 Å². The molecule has 0 aliphatic rings. The Bertz CT molecular complexity index is 1720. The molecule has 0 spiro atoms. The molecule has 0 atom stereocenters. The molecule has 0 saturated heterocycles. The van der Waals surface area contributed by atoms with Crippen molar-refractivity contribution in [3.8, 4) is 28.3 Å². The van der Waals surface area contributed by atoms with Crippen LogP contribution in [0.5, 0.6) is 5.75 Å². The number of rotatable bonds is 9. The monoisotopic (exact) mass is 573 g/mol. The van der Waals surface area contributed by atoms with Gasteiger partial charge < -0.3 is 10.1 Å². The van der Waals surface area contributed by atoms with Crippen LogP contribution in [0.15, 0.2) is 83.3 Å². The third-order valence-electron chi connectivity index (χ3n) is 5.85. The first-order chi connectivity index (χ1) is 18.7. The van der Waals surface area contributed by atoms with Crippen LogP contribution in [0.2, 0.25) is 0 Å². The summed E-state index contributed by atoms with van der Waals surface area (Å²) in [5, 5.41) is 5.03. The molecule has 0 fully saturated rings. The highest BCUT2D eigenvalue weighted by molar-refractivity contribution is 7.89. The molecular formula is C26H22F3N5O3S2. The Hall–Kier alpha value is -3.94. The van der Waals surface area contributed by atoms with Gasteiger partial charge in [-0.1, -0.05) is 12.1 Å². The molecule has 0 amide bonds. The van der Waals surface area contributed by atoms with E-state index in [9.17, 15) is 21.6 Å². The second-order valence-corrected chi connectivity index (χ2v) is 11.0. The first kappa shape index (κ1) is 26.7. The summed E-state index contributed by atoms with van der Waals surface area (Å²) in [4.78, 5) is 9.73. The minimum absolute atomic E-state index is 0.00815. The molecule has 13 heteroatoms. The smallest absolute Gasteiger partial charge is 0.416 e. The van der Waals surface area contributed by atoms with Crippen LogP contribution in [0.1, 0.15) is 5.56 Å². The maximum absolute atomic E-state index is 12.8. The Morgan fingerprint density at radius 3 is 2.56 bits per heavy atom. The summed E-state index contributed by atoms with van der Waals surface area (Å²) < 4.78 is 73.0. The number of aromatic nitrogens is 3. The molecule has 0 unspecified atom stereocenters. The largest absolute Gasteiger partial charge is 0.497 e. The van der Waals surface area contributed by atoms with Gasteiger partial charge in [0.1, 0.15) is 11.6 Å². The molecule has 8 nitrogen and oxygen atoms in total. The van der Waals surface area contributed by atoms with E-state index in [4.69, 9.17) is 9.72 Å². The molecule has 0 aliphatic carbocycles. The first-order valence-electron chi connectivity index (χ1n) is 11.6. The fraction of sp³-hybridized carbons (Fsp3) is 0.154. The second-order valence-electron chi connectivity index (χ2n) is 8.37. The number of nitrogens with zero attached hydrogens (tertiary/aromatic N) is 3. The summed E-state index contributed by atoms with van der Waals surface area (Å²) in [6.45, 7) is 0.186. The van der Waals surface area contributed by atoms with E-state index in [1.54, 1.807) is 13.3 Å². The third kappa shape index (κ3) is 5.75. The van der Waals surface area contributed by atoms with Crippen molar-refractivity contribution in [1.82, 2.24) is 19.1 Å². The molecule has 5 aromatic rings. The molecule has 0 radical (unpaired) electrons. The molecular weight excluding hydrogens is 551 g/mol. The maximum atomic E-state index is 12.8. The average molecular weight is 574 g/mol.